The second-order valence-corrected chi connectivity index (χ2v) is 9.56. The molecule has 0 aliphatic rings. The van der Waals surface area contributed by atoms with Crippen molar-refractivity contribution >= 4 is 19.8 Å². The van der Waals surface area contributed by atoms with E-state index in [-0.39, 0.29) is 19.4 Å². The summed E-state index contributed by atoms with van der Waals surface area (Å²) in [5, 5.41) is 0. The van der Waals surface area contributed by atoms with Gasteiger partial charge in [0.25, 0.3) is 0 Å². The Labute approximate surface area is 194 Å². The normalized spacial score (nSPS) is 12.5. The molecule has 0 amide bonds. The van der Waals surface area contributed by atoms with E-state index < -0.39 is 32.5 Å². The Balaban J connectivity index is 4.11. The summed E-state index contributed by atoms with van der Waals surface area (Å²) in [5.41, 5.74) is 0. The predicted octanol–water partition coefficient (Wildman–Crippen LogP) is 5.83. The molecule has 190 valence electrons. The molecule has 0 heterocycles. The summed E-state index contributed by atoms with van der Waals surface area (Å²) in [4.78, 5) is 41.7. The standard InChI is InChI=1S/C23H45O8P/c1-3-5-7-9-10-11-12-14-15-17-22(24)29-19-21(20-30-32(26,27)28)31-23(25)18-16-13-8-6-4-2/h21H,3-20H2,1-2H3,(H2,26,27,28)/t21-/m1/s1. The molecule has 0 unspecified atom stereocenters. The van der Waals surface area contributed by atoms with Crippen molar-refractivity contribution < 1.29 is 37.9 Å². The van der Waals surface area contributed by atoms with Crippen molar-refractivity contribution in [3.63, 3.8) is 0 Å². The SMILES string of the molecule is CCCCCCCCCCCC(=O)OC[C@H](COP(=O)(O)O)OC(=O)CCCCCCC. The van der Waals surface area contributed by atoms with Gasteiger partial charge in [-0.05, 0) is 12.8 Å². The minimum atomic E-state index is -4.71. The Morgan fingerprint density at radius 3 is 1.59 bits per heavy atom. The molecule has 2 N–H and O–H groups in total. The lowest BCUT2D eigenvalue weighted by Gasteiger charge is -2.18. The van der Waals surface area contributed by atoms with Crippen LogP contribution >= 0.6 is 7.82 Å². The van der Waals surface area contributed by atoms with Crippen LogP contribution in [0.4, 0.5) is 0 Å². The number of hydrogen-bond donors (Lipinski definition) is 2. The van der Waals surface area contributed by atoms with Crippen molar-refractivity contribution in [1.82, 2.24) is 0 Å². The van der Waals surface area contributed by atoms with E-state index in [1.807, 2.05) is 0 Å². The number of hydrogen-bond acceptors (Lipinski definition) is 6. The minimum absolute atomic E-state index is 0.211. The quantitative estimate of drug-likeness (QED) is 0.113. The van der Waals surface area contributed by atoms with Gasteiger partial charge in [-0.2, -0.15) is 0 Å². The van der Waals surface area contributed by atoms with Gasteiger partial charge in [-0.1, -0.05) is 90.9 Å². The Morgan fingerprint density at radius 2 is 1.12 bits per heavy atom. The largest absolute Gasteiger partial charge is 0.469 e. The number of rotatable bonds is 22. The van der Waals surface area contributed by atoms with E-state index in [4.69, 9.17) is 19.3 Å². The van der Waals surface area contributed by atoms with Gasteiger partial charge in [0.2, 0.25) is 0 Å². The second-order valence-electron chi connectivity index (χ2n) is 8.32. The molecular weight excluding hydrogens is 435 g/mol. The van der Waals surface area contributed by atoms with Crippen LogP contribution in [0.3, 0.4) is 0 Å². The third-order valence-electron chi connectivity index (χ3n) is 5.13. The molecule has 0 aromatic heterocycles. The van der Waals surface area contributed by atoms with E-state index in [1.54, 1.807) is 0 Å². The highest BCUT2D eigenvalue weighted by Gasteiger charge is 2.22. The lowest BCUT2D eigenvalue weighted by molar-refractivity contribution is -0.161. The monoisotopic (exact) mass is 480 g/mol. The average molecular weight is 481 g/mol. The first-order chi connectivity index (χ1) is 15.3. The van der Waals surface area contributed by atoms with Gasteiger partial charge in [0.15, 0.2) is 6.10 Å². The Bertz CT molecular complexity index is 520. The van der Waals surface area contributed by atoms with Gasteiger partial charge in [0, 0.05) is 12.8 Å². The molecule has 0 aromatic carbocycles. The highest BCUT2D eigenvalue weighted by atomic mass is 31.2. The molecule has 0 saturated carbocycles. The van der Waals surface area contributed by atoms with Crippen molar-refractivity contribution in [2.75, 3.05) is 13.2 Å². The van der Waals surface area contributed by atoms with Crippen LogP contribution in [0.5, 0.6) is 0 Å². The maximum absolute atomic E-state index is 12.0. The van der Waals surface area contributed by atoms with Gasteiger partial charge < -0.3 is 19.3 Å². The molecule has 8 nitrogen and oxygen atoms in total. The number of phosphoric acid groups is 1. The number of esters is 2. The Hall–Kier alpha value is -0.950. The van der Waals surface area contributed by atoms with Crippen molar-refractivity contribution in [2.45, 2.75) is 123 Å². The molecular formula is C23H45O8P. The number of ether oxygens (including phenoxy) is 2. The molecule has 0 bridgehead atoms. The summed E-state index contributed by atoms with van der Waals surface area (Å²) >= 11 is 0. The zero-order valence-electron chi connectivity index (χ0n) is 20.1. The molecule has 9 heteroatoms. The fourth-order valence-corrected chi connectivity index (χ4v) is 3.61. The van der Waals surface area contributed by atoms with Gasteiger partial charge in [-0.15, -0.1) is 0 Å². The van der Waals surface area contributed by atoms with Crippen LogP contribution in [0, 0.1) is 0 Å². The molecule has 0 aromatic rings. The third-order valence-corrected chi connectivity index (χ3v) is 5.61. The molecule has 0 spiro atoms. The van der Waals surface area contributed by atoms with Gasteiger partial charge in [-0.25, -0.2) is 4.57 Å². The maximum Gasteiger partial charge on any atom is 0.469 e. The van der Waals surface area contributed by atoms with Crippen LogP contribution in [0.25, 0.3) is 0 Å². The first kappa shape index (κ1) is 31.0. The maximum atomic E-state index is 12.0. The van der Waals surface area contributed by atoms with Crippen molar-refractivity contribution in [1.29, 1.82) is 0 Å². The van der Waals surface area contributed by atoms with Crippen LogP contribution in [-0.2, 0) is 28.2 Å². The topological polar surface area (TPSA) is 119 Å². The second kappa shape index (κ2) is 20.6. The molecule has 0 aliphatic heterocycles. The van der Waals surface area contributed by atoms with Gasteiger partial charge in [-0.3, -0.25) is 14.1 Å². The molecule has 32 heavy (non-hydrogen) atoms. The van der Waals surface area contributed by atoms with E-state index in [9.17, 15) is 14.2 Å². The lowest BCUT2D eigenvalue weighted by atomic mass is 10.1. The van der Waals surface area contributed by atoms with Crippen molar-refractivity contribution in [3.8, 4) is 0 Å². The summed E-state index contributed by atoms with van der Waals surface area (Å²) in [6, 6.07) is 0. The van der Waals surface area contributed by atoms with Crippen molar-refractivity contribution in [3.05, 3.63) is 0 Å². The van der Waals surface area contributed by atoms with Crippen LogP contribution in [-0.4, -0.2) is 41.0 Å². The summed E-state index contributed by atoms with van der Waals surface area (Å²) < 4.78 is 25.8. The minimum Gasteiger partial charge on any atom is -0.462 e. The summed E-state index contributed by atoms with van der Waals surface area (Å²) in [6.45, 7) is 3.50. The van der Waals surface area contributed by atoms with E-state index in [0.717, 1.165) is 44.9 Å². The van der Waals surface area contributed by atoms with Gasteiger partial charge in [0.1, 0.15) is 6.61 Å². The molecule has 1 atom stereocenters. The average Bonchev–Trinajstić information content (AvgIpc) is 2.73. The van der Waals surface area contributed by atoms with E-state index in [2.05, 4.69) is 18.4 Å². The lowest BCUT2D eigenvalue weighted by Crippen LogP contribution is -2.29. The summed E-state index contributed by atoms with van der Waals surface area (Å²) in [5.74, 6) is -0.902. The number of carbonyl (C=O) groups is 2. The highest BCUT2D eigenvalue weighted by molar-refractivity contribution is 7.46. The molecule has 0 rings (SSSR count). The summed E-state index contributed by atoms with van der Waals surface area (Å²) in [6.07, 6.45) is 14.6. The van der Waals surface area contributed by atoms with E-state index in [1.165, 1.54) is 38.5 Å². The number of unbranched alkanes of at least 4 members (excludes halogenated alkanes) is 12. The first-order valence-electron chi connectivity index (χ1n) is 12.3. The molecule has 0 aliphatic carbocycles. The van der Waals surface area contributed by atoms with Crippen LogP contribution in [0.2, 0.25) is 0 Å². The van der Waals surface area contributed by atoms with E-state index in [0.29, 0.717) is 6.42 Å². The number of carbonyl (C=O) groups excluding carboxylic acids is 2. The molecule has 0 radical (unpaired) electrons. The van der Waals surface area contributed by atoms with Crippen LogP contribution in [0.15, 0.2) is 0 Å². The fourth-order valence-electron chi connectivity index (χ4n) is 3.25. The zero-order valence-corrected chi connectivity index (χ0v) is 21.0. The van der Waals surface area contributed by atoms with Crippen molar-refractivity contribution in [2.24, 2.45) is 0 Å². The number of phosphoric ester groups is 1. The molecule has 0 saturated heterocycles. The highest BCUT2D eigenvalue weighted by Crippen LogP contribution is 2.35. The summed E-state index contributed by atoms with van der Waals surface area (Å²) in [7, 11) is -4.71. The molecule has 0 fully saturated rings. The van der Waals surface area contributed by atoms with Crippen LogP contribution < -0.4 is 0 Å². The van der Waals surface area contributed by atoms with E-state index >= 15 is 0 Å². The third kappa shape index (κ3) is 22.3. The Kier molecular flexibility index (Phi) is 20.0. The smallest absolute Gasteiger partial charge is 0.462 e. The predicted molar refractivity (Wildman–Crippen MR) is 124 cm³/mol. The van der Waals surface area contributed by atoms with Gasteiger partial charge in [0.05, 0.1) is 6.61 Å². The fraction of sp³-hybridized carbons (Fsp3) is 0.913. The van der Waals surface area contributed by atoms with Crippen LogP contribution in [0.1, 0.15) is 117 Å². The first-order valence-corrected chi connectivity index (χ1v) is 13.9. The Morgan fingerprint density at radius 1 is 0.688 bits per heavy atom. The van der Waals surface area contributed by atoms with Gasteiger partial charge >= 0.3 is 19.8 Å². The zero-order chi connectivity index (χ0) is 24.1.